The van der Waals surface area contributed by atoms with Crippen LogP contribution in [-0.4, -0.2) is 28.6 Å². The van der Waals surface area contributed by atoms with Crippen LogP contribution >= 0.6 is 0 Å². The SMILES string of the molecule is C[C@H]1OCCC[C@@H]1C(=O)NCc1cncnc1N. The third kappa shape index (κ3) is 2.95. The Morgan fingerprint density at radius 2 is 2.50 bits per heavy atom. The molecule has 1 aromatic heterocycles. The second kappa shape index (κ2) is 5.77. The van der Waals surface area contributed by atoms with Gasteiger partial charge < -0.3 is 15.8 Å². The Bertz CT molecular complexity index is 424. The Kier molecular flexibility index (Phi) is 4.09. The summed E-state index contributed by atoms with van der Waals surface area (Å²) in [6, 6.07) is 0. The zero-order chi connectivity index (χ0) is 13.0. The predicted molar refractivity (Wildman–Crippen MR) is 66.4 cm³/mol. The third-order valence-corrected chi connectivity index (χ3v) is 3.22. The molecule has 3 N–H and O–H groups in total. The fourth-order valence-electron chi connectivity index (χ4n) is 2.09. The van der Waals surface area contributed by atoms with Crippen LogP contribution in [0.2, 0.25) is 0 Å². The van der Waals surface area contributed by atoms with Crippen molar-refractivity contribution in [2.24, 2.45) is 5.92 Å². The maximum absolute atomic E-state index is 12.0. The highest BCUT2D eigenvalue weighted by atomic mass is 16.5. The number of amides is 1. The van der Waals surface area contributed by atoms with Crippen molar-refractivity contribution in [2.75, 3.05) is 12.3 Å². The zero-order valence-corrected chi connectivity index (χ0v) is 10.4. The van der Waals surface area contributed by atoms with Crippen LogP contribution in [0.25, 0.3) is 0 Å². The maximum atomic E-state index is 12.0. The molecule has 1 aliphatic heterocycles. The van der Waals surface area contributed by atoms with Crippen LogP contribution in [0.3, 0.4) is 0 Å². The lowest BCUT2D eigenvalue weighted by molar-refractivity contribution is -0.133. The van der Waals surface area contributed by atoms with Gasteiger partial charge in [0.15, 0.2) is 0 Å². The van der Waals surface area contributed by atoms with Crippen molar-refractivity contribution in [1.29, 1.82) is 0 Å². The van der Waals surface area contributed by atoms with Crippen molar-refractivity contribution < 1.29 is 9.53 Å². The molecule has 0 saturated carbocycles. The van der Waals surface area contributed by atoms with Crippen LogP contribution in [0, 0.1) is 5.92 Å². The molecular weight excluding hydrogens is 232 g/mol. The highest BCUT2D eigenvalue weighted by Gasteiger charge is 2.28. The number of nitrogens with zero attached hydrogens (tertiary/aromatic N) is 2. The summed E-state index contributed by atoms with van der Waals surface area (Å²) in [5, 5.41) is 2.86. The molecule has 6 nitrogen and oxygen atoms in total. The van der Waals surface area contributed by atoms with Gasteiger partial charge in [0.2, 0.25) is 5.91 Å². The standard InChI is InChI=1S/C12H18N4O2/c1-8-10(3-2-4-18-8)12(17)15-6-9-5-14-7-16-11(9)13/h5,7-8,10H,2-4,6H2,1H3,(H,15,17)(H2,13,14,16)/t8-,10+/m1/s1. The van der Waals surface area contributed by atoms with Gasteiger partial charge in [-0.15, -0.1) is 0 Å². The van der Waals surface area contributed by atoms with E-state index < -0.39 is 0 Å². The highest BCUT2D eigenvalue weighted by Crippen LogP contribution is 2.20. The predicted octanol–water partition coefficient (Wildman–Crippen LogP) is 0.490. The van der Waals surface area contributed by atoms with E-state index in [0.29, 0.717) is 12.4 Å². The minimum absolute atomic E-state index is 0.00505. The number of rotatable bonds is 3. The summed E-state index contributed by atoms with van der Waals surface area (Å²) in [7, 11) is 0. The number of nitrogens with one attached hydrogen (secondary N) is 1. The van der Waals surface area contributed by atoms with E-state index in [1.54, 1.807) is 6.20 Å². The fourth-order valence-corrected chi connectivity index (χ4v) is 2.09. The summed E-state index contributed by atoms with van der Waals surface area (Å²) in [6.07, 6.45) is 4.77. The smallest absolute Gasteiger partial charge is 0.225 e. The van der Waals surface area contributed by atoms with Crippen molar-refractivity contribution >= 4 is 11.7 Å². The van der Waals surface area contributed by atoms with Gasteiger partial charge in [0.1, 0.15) is 12.1 Å². The molecular formula is C12H18N4O2. The van der Waals surface area contributed by atoms with Crippen LogP contribution in [0.4, 0.5) is 5.82 Å². The molecule has 1 aromatic rings. The van der Waals surface area contributed by atoms with E-state index in [1.807, 2.05) is 6.92 Å². The normalized spacial score (nSPS) is 23.6. The Hall–Kier alpha value is -1.69. The van der Waals surface area contributed by atoms with Gasteiger partial charge in [0.05, 0.1) is 12.0 Å². The van der Waals surface area contributed by atoms with E-state index in [-0.39, 0.29) is 17.9 Å². The number of ether oxygens (including phenoxy) is 1. The molecule has 2 atom stereocenters. The van der Waals surface area contributed by atoms with E-state index in [4.69, 9.17) is 10.5 Å². The molecule has 18 heavy (non-hydrogen) atoms. The average Bonchev–Trinajstić information content (AvgIpc) is 2.38. The van der Waals surface area contributed by atoms with Gasteiger partial charge in [-0.1, -0.05) is 0 Å². The fraction of sp³-hybridized carbons (Fsp3) is 0.583. The molecule has 2 rings (SSSR count). The molecule has 1 fully saturated rings. The second-order valence-electron chi connectivity index (χ2n) is 4.48. The van der Waals surface area contributed by atoms with E-state index in [1.165, 1.54) is 6.33 Å². The van der Waals surface area contributed by atoms with E-state index in [9.17, 15) is 4.79 Å². The van der Waals surface area contributed by atoms with Crippen LogP contribution in [-0.2, 0) is 16.1 Å². The minimum Gasteiger partial charge on any atom is -0.383 e. The molecule has 1 aliphatic rings. The average molecular weight is 250 g/mol. The van der Waals surface area contributed by atoms with E-state index in [0.717, 1.165) is 25.0 Å². The van der Waals surface area contributed by atoms with Gasteiger partial charge in [0.25, 0.3) is 0 Å². The summed E-state index contributed by atoms with van der Waals surface area (Å²) in [5.74, 6) is 0.327. The monoisotopic (exact) mass is 250 g/mol. The lowest BCUT2D eigenvalue weighted by Crippen LogP contribution is -2.40. The van der Waals surface area contributed by atoms with Crippen molar-refractivity contribution in [3.8, 4) is 0 Å². The molecule has 6 heteroatoms. The summed E-state index contributed by atoms with van der Waals surface area (Å²) in [5.41, 5.74) is 6.42. The van der Waals surface area contributed by atoms with Crippen molar-refractivity contribution in [1.82, 2.24) is 15.3 Å². The Morgan fingerprint density at radius 3 is 3.22 bits per heavy atom. The number of anilines is 1. The molecule has 98 valence electrons. The molecule has 0 aromatic carbocycles. The van der Waals surface area contributed by atoms with Crippen LogP contribution in [0.5, 0.6) is 0 Å². The van der Waals surface area contributed by atoms with Crippen LogP contribution in [0.1, 0.15) is 25.3 Å². The minimum atomic E-state index is -0.0791. The molecule has 0 unspecified atom stereocenters. The lowest BCUT2D eigenvalue weighted by Gasteiger charge is -2.28. The van der Waals surface area contributed by atoms with Gasteiger partial charge in [-0.2, -0.15) is 0 Å². The van der Waals surface area contributed by atoms with Gasteiger partial charge >= 0.3 is 0 Å². The number of hydrogen-bond acceptors (Lipinski definition) is 5. The summed E-state index contributed by atoms with van der Waals surface area (Å²) in [4.78, 5) is 19.8. The van der Waals surface area contributed by atoms with Crippen LogP contribution < -0.4 is 11.1 Å². The van der Waals surface area contributed by atoms with E-state index >= 15 is 0 Å². The van der Waals surface area contributed by atoms with Gasteiger partial charge in [-0.05, 0) is 19.8 Å². The van der Waals surface area contributed by atoms with E-state index in [2.05, 4.69) is 15.3 Å². The molecule has 0 radical (unpaired) electrons. The summed E-state index contributed by atoms with van der Waals surface area (Å²) in [6.45, 7) is 3.03. The number of hydrogen-bond donors (Lipinski definition) is 2. The second-order valence-corrected chi connectivity index (χ2v) is 4.48. The topological polar surface area (TPSA) is 90.1 Å². The van der Waals surface area contributed by atoms with Gasteiger partial charge in [0, 0.05) is 24.9 Å². The zero-order valence-electron chi connectivity index (χ0n) is 10.4. The first-order valence-electron chi connectivity index (χ1n) is 6.12. The Morgan fingerprint density at radius 1 is 1.67 bits per heavy atom. The molecule has 0 aliphatic carbocycles. The lowest BCUT2D eigenvalue weighted by atomic mass is 9.94. The Balaban J connectivity index is 1.90. The molecule has 1 saturated heterocycles. The van der Waals surface area contributed by atoms with Crippen molar-refractivity contribution in [2.45, 2.75) is 32.4 Å². The van der Waals surface area contributed by atoms with Gasteiger partial charge in [-0.25, -0.2) is 9.97 Å². The number of carbonyl (C=O) groups is 1. The van der Waals surface area contributed by atoms with Crippen molar-refractivity contribution in [3.05, 3.63) is 18.1 Å². The first-order valence-corrected chi connectivity index (χ1v) is 6.12. The molecule has 2 heterocycles. The third-order valence-electron chi connectivity index (χ3n) is 3.22. The Labute approximate surface area is 106 Å². The quantitative estimate of drug-likeness (QED) is 0.814. The summed E-state index contributed by atoms with van der Waals surface area (Å²) < 4.78 is 5.48. The number of carbonyl (C=O) groups excluding carboxylic acids is 1. The largest absolute Gasteiger partial charge is 0.383 e. The van der Waals surface area contributed by atoms with Crippen LogP contribution in [0.15, 0.2) is 12.5 Å². The van der Waals surface area contributed by atoms with Crippen molar-refractivity contribution in [3.63, 3.8) is 0 Å². The highest BCUT2D eigenvalue weighted by molar-refractivity contribution is 5.79. The molecule has 0 bridgehead atoms. The first-order chi connectivity index (χ1) is 8.68. The van der Waals surface area contributed by atoms with Gasteiger partial charge in [-0.3, -0.25) is 4.79 Å². The number of nitrogen functional groups attached to an aromatic ring is 1. The number of nitrogens with two attached hydrogens (primary N) is 1. The first kappa shape index (κ1) is 12.8. The molecule has 1 amide bonds. The molecule has 0 spiro atoms. The summed E-state index contributed by atoms with van der Waals surface area (Å²) >= 11 is 0. The maximum Gasteiger partial charge on any atom is 0.225 e. The number of aromatic nitrogens is 2.